The molecule has 0 radical (unpaired) electrons. The minimum atomic E-state index is -0.530. The Labute approximate surface area is 124 Å². The predicted octanol–water partition coefficient (Wildman–Crippen LogP) is 0.602. The number of non-ortho nitro benzene ring substituents is 1. The monoisotopic (exact) mass is 297 g/mol. The summed E-state index contributed by atoms with van der Waals surface area (Å²) in [5.41, 5.74) is 0.815. The lowest BCUT2D eigenvalue weighted by atomic mass is 10.1. The highest BCUT2D eigenvalue weighted by atomic mass is 16.6. The van der Waals surface area contributed by atoms with E-state index in [0.29, 0.717) is 21.8 Å². The fourth-order valence-corrected chi connectivity index (χ4v) is 2.34. The van der Waals surface area contributed by atoms with Gasteiger partial charge in [-0.05, 0) is 6.07 Å². The molecule has 7 heteroatoms. The van der Waals surface area contributed by atoms with Crippen LogP contribution in [0.5, 0.6) is 0 Å². The molecule has 0 fully saturated rings. The van der Waals surface area contributed by atoms with Gasteiger partial charge >= 0.3 is 0 Å². The lowest BCUT2D eigenvalue weighted by Gasteiger charge is -2.17. The third kappa shape index (κ3) is 2.45. The average molecular weight is 297 g/mol. The van der Waals surface area contributed by atoms with Gasteiger partial charge in [-0.15, -0.1) is 0 Å². The quantitative estimate of drug-likeness (QED) is 0.647. The molecule has 7 nitrogen and oxygen atoms in total. The maximum absolute atomic E-state index is 11.7. The number of amides is 1. The molecule has 2 aromatic carbocycles. The van der Waals surface area contributed by atoms with Crippen LogP contribution in [-0.2, 0) is 4.79 Å². The van der Waals surface area contributed by atoms with E-state index >= 15 is 0 Å². The number of nitro groups is 1. The van der Waals surface area contributed by atoms with Crippen LogP contribution < -0.4 is 10.6 Å². The van der Waals surface area contributed by atoms with E-state index in [1.807, 2.05) is 6.07 Å². The zero-order valence-electron chi connectivity index (χ0n) is 11.3. The molecule has 3 rings (SSSR count). The number of carbonyl (C=O) groups excluding carboxylic acids is 1. The molecule has 22 heavy (non-hydrogen) atoms. The molecule has 1 heterocycles. The molecule has 0 unspecified atom stereocenters. The second-order valence-corrected chi connectivity index (χ2v) is 4.74. The topological polar surface area (TPSA) is 96.0 Å². The van der Waals surface area contributed by atoms with Crippen LogP contribution in [0.2, 0.25) is 0 Å². The van der Waals surface area contributed by atoms with E-state index in [0.717, 1.165) is 5.06 Å². The maximum Gasteiger partial charge on any atom is 0.270 e. The molecule has 1 aliphatic rings. The summed E-state index contributed by atoms with van der Waals surface area (Å²) in [6.07, 6.45) is 0. The normalized spacial score (nSPS) is 14.1. The first-order chi connectivity index (χ1) is 10.6. The van der Waals surface area contributed by atoms with E-state index in [1.165, 1.54) is 18.2 Å². The van der Waals surface area contributed by atoms with Gasteiger partial charge in [0.1, 0.15) is 6.54 Å². The van der Waals surface area contributed by atoms with Crippen molar-refractivity contribution in [2.45, 2.75) is 0 Å². The number of nitrogens with zero attached hydrogens (tertiary/aromatic N) is 3. The van der Waals surface area contributed by atoms with E-state index in [4.69, 9.17) is 0 Å². The minimum absolute atomic E-state index is 0.134. The van der Waals surface area contributed by atoms with Crippen LogP contribution in [0.3, 0.4) is 0 Å². The molecule has 1 aliphatic heterocycles. The summed E-state index contributed by atoms with van der Waals surface area (Å²) in [5, 5.41) is 22.6. The van der Waals surface area contributed by atoms with Gasteiger partial charge < -0.3 is 0 Å². The van der Waals surface area contributed by atoms with Gasteiger partial charge in [0.15, 0.2) is 0 Å². The fraction of sp³-hybridized carbons (Fsp3) is 0.0667. The first-order valence-electron chi connectivity index (χ1n) is 6.48. The lowest BCUT2D eigenvalue weighted by Crippen LogP contribution is -2.32. The molecular weight excluding hydrogens is 286 g/mol. The summed E-state index contributed by atoms with van der Waals surface area (Å²) in [6.45, 7) is -0.313. The van der Waals surface area contributed by atoms with Gasteiger partial charge in [-0.25, -0.2) is 10.1 Å². The maximum atomic E-state index is 11.7. The molecule has 0 spiro atoms. The third-order valence-electron chi connectivity index (χ3n) is 3.28. The van der Waals surface area contributed by atoms with Gasteiger partial charge in [0.2, 0.25) is 0 Å². The number of nitro benzene ring substituents is 1. The third-order valence-corrected chi connectivity index (χ3v) is 3.28. The SMILES string of the molecule is O=C1CN(O)C(c2ccccc2)=c2cc([N+](=O)[O-])ccc2=N1. The number of rotatable bonds is 2. The fourth-order valence-electron chi connectivity index (χ4n) is 2.34. The lowest BCUT2D eigenvalue weighted by molar-refractivity contribution is -0.385. The number of fused-ring (bicyclic) bond motifs is 1. The number of benzene rings is 2. The molecular formula is C15H11N3O4. The first kappa shape index (κ1) is 13.9. The van der Waals surface area contributed by atoms with Crippen molar-refractivity contribution in [1.82, 2.24) is 5.06 Å². The van der Waals surface area contributed by atoms with Crippen molar-refractivity contribution < 1.29 is 14.9 Å². The van der Waals surface area contributed by atoms with Crippen molar-refractivity contribution in [1.29, 1.82) is 0 Å². The summed E-state index contributed by atoms with van der Waals surface area (Å²) in [5.74, 6) is -0.525. The van der Waals surface area contributed by atoms with Crippen molar-refractivity contribution in [3.05, 3.63) is 74.8 Å². The average Bonchev–Trinajstić information content (AvgIpc) is 2.61. The van der Waals surface area contributed by atoms with Crippen LogP contribution >= 0.6 is 0 Å². The number of hydrogen-bond donors (Lipinski definition) is 1. The van der Waals surface area contributed by atoms with E-state index < -0.39 is 10.8 Å². The van der Waals surface area contributed by atoms with Crippen LogP contribution in [0, 0.1) is 10.1 Å². The highest BCUT2D eigenvalue weighted by Crippen LogP contribution is 2.16. The van der Waals surface area contributed by atoms with Crippen LogP contribution in [0.1, 0.15) is 5.56 Å². The second-order valence-electron chi connectivity index (χ2n) is 4.74. The van der Waals surface area contributed by atoms with Crippen molar-refractivity contribution in [3.8, 4) is 0 Å². The Balaban J connectivity index is 2.43. The Morgan fingerprint density at radius 1 is 1.18 bits per heavy atom. The Hall–Kier alpha value is -3.06. The summed E-state index contributed by atoms with van der Waals surface area (Å²) in [6, 6.07) is 12.9. The van der Waals surface area contributed by atoms with Crippen LogP contribution in [0.15, 0.2) is 53.5 Å². The Bertz CT molecular complexity index is 877. The van der Waals surface area contributed by atoms with Crippen LogP contribution in [0.25, 0.3) is 5.70 Å². The van der Waals surface area contributed by atoms with Gasteiger partial charge in [-0.3, -0.25) is 20.1 Å². The summed E-state index contributed by atoms with van der Waals surface area (Å²) in [4.78, 5) is 26.1. The molecule has 0 saturated carbocycles. The Kier molecular flexibility index (Phi) is 3.40. The van der Waals surface area contributed by atoms with E-state index in [-0.39, 0.29) is 12.2 Å². The molecule has 1 N–H and O–H groups in total. The zero-order chi connectivity index (χ0) is 15.7. The molecule has 0 saturated heterocycles. The summed E-state index contributed by atoms with van der Waals surface area (Å²) < 4.78 is 0. The molecule has 0 bridgehead atoms. The van der Waals surface area contributed by atoms with Gasteiger partial charge in [0, 0.05) is 22.9 Å². The molecule has 0 aliphatic carbocycles. The van der Waals surface area contributed by atoms with Gasteiger partial charge in [0.05, 0.1) is 16.0 Å². The summed E-state index contributed by atoms with van der Waals surface area (Å²) >= 11 is 0. The summed E-state index contributed by atoms with van der Waals surface area (Å²) in [7, 11) is 0. The Morgan fingerprint density at radius 2 is 1.91 bits per heavy atom. The van der Waals surface area contributed by atoms with Gasteiger partial charge in [-0.2, -0.15) is 0 Å². The highest BCUT2D eigenvalue weighted by molar-refractivity contribution is 5.82. The van der Waals surface area contributed by atoms with E-state index in [9.17, 15) is 20.1 Å². The number of hydroxylamine groups is 2. The smallest absolute Gasteiger partial charge is 0.270 e. The van der Waals surface area contributed by atoms with Crippen molar-refractivity contribution in [2.24, 2.45) is 4.99 Å². The highest BCUT2D eigenvalue weighted by Gasteiger charge is 2.19. The van der Waals surface area contributed by atoms with Crippen molar-refractivity contribution >= 4 is 17.3 Å². The minimum Gasteiger partial charge on any atom is -0.288 e. The van der Waals surface area contributed by atoms with Crippen LogP contribution in [0.4, 0.5) is 5.69 Å². The first-order valence-corrected chi connectivity index (χ1v) is 6.48. The molecule has 110 valence electrons. The molecule has 0 aromatic heterocycles. The van der Waals surface area contributed by atoms with Gasteiger partial charge in [0.25, 0.3) is 11.6 Å². The molecule has 1 amide bonds. The van der Waals surface area contributed by atoms with Crippen LogP contribution in [-0.4, -0.2) is 27.6 Å². The predicted molar refractivity (Wildman–Crippen MR) is 76.3 cm³/mol. The van der Waals surface area contributed by atoms with Gasteiger partial charge in [-0.1, -0.05) is 30.3 Å². The number of hydrogen-bond acceptors (Lipinski definition) is 5. The van der Waals surface area contributed by atoms with Crippen molar-refractivity contribution in [3.63, 3.8) is 0 Å². The molecule has 2 aromatic rings. The van der Waals surface area contributed by atoms with Crippen molar-refractivity contribution in [2.75, 3.05) is 6.54 Å². The largest absolute Gasteiger partial charge is 0.288 e. The Morgan fingerprint density at radius 3 is 2.59 bits per heavy atom. The zero-order valence-corrected chi connectivity index (χ0v) is 11.3. The van der Waals surface area contributed by atoms with E-state index in [2.05, 4.69) is 4.99 Å². The molecule has 0 atom stereocenters. The second kappa shape index (κ2) is 5.38. The van der Waals surface area contributed by atoms with E-state index in [1.54, 1.807) is 24.3 Å². The number of carbonyl (C=O) groups is 1. The standard InChI is InChI=1S/C15H11N3O4/c19-14-9-17(20)15(10-4-2-1-3-5-10)12-8-11(18(21)22)6-7-13(12)16-14/h1-8,20H,9H2.